The van der Waals surface area contributed by atoms with Gasteiger partial charge >= 0.3 is 12.1 Å². The standard InChI is InChI=1S/C31H39F3O4.C2H6/c1-5-8-28(38-6-2)18-11-22(4)21(3)9-7-10-25-19-26(30(36)37)15-13-23(25)12-14-24-16-17-27(35)20-29(24)31(32,33)34;1-2/h13,15-17,19-22,28,35H,5-11,18H2,1-4H3,(H,36,37);1-2H3. The molecule has 7 heteroatoms. The zero-order valence-electron chi connectivity index (χ0n) is 24.7. The van der Waals surface area contributed by atoms with Crippen LogP contribution in [-0.4, -0.2) is 28.9 Å². The van der Waals surface area contributed by atoms with E-state index < -0.39 is 23.5 Å². The van der Waals surface area contributed by atoms with Crippen LogP contribution in [0.5, 0.6) is 5.75 Å². The molecule has 40 heavy (non-hydrogen) atoms. The van der Waals surface area contributed by atoms with Crippen LogP contribution in [0.4, 0.5) is 13.2 Å². The molecule has 0 aliphatic heterocycles. The minimum Gasteiger partial charge on any atom is -0.508 e. The van der Waals surface area contributed by atoms with Gasteiger partial charge in [0.25, 0.3) is 0 Å². The van der Waals surface area contributed by atoms with Gasteiger partial charge in [0.05, 0.1) is 17.2 Å². The van der Waals surface area contributed by atoms with Crippen LogP contribution in [0, 0.1) is 23.7 Å². The van der Waals surface area contributed by atoms with Gasteiger partial charge in [-0.05, 0) is 92.8 Å². The number of phenolic OH excluding ortho intramolecular Hbond substituents is 1. The van der Waals surface area contributed by atoms with Crippen LogP contribution in [0.1, 0.15) is 113 Å². The van der Waals surface area contributed by atoms with Crippen LogP contribution in [0.15, 0.2) is 36.4 Å². The van der Waals surface area contributed by atoms with E-state index in [1.807, 2.05) is 20.8 Å². The topological polar surface area (TPSA) is 66.8 Å². The molecule has 0 saturated heterocycles. The van der Waals surface area contributed by atoms with E-state index in [0.717, 1.165) is 57.3 Å². The van der Waals surface area contributed by atoms with E-state index in [4.69, 9.17) is 4.74 Å². The molecular formula is C33H45F3O4. The van der Waals surface area contributed by atoms with E-state index in [9.17, 15) is 28.2 Å². The first kappa shape index (κ1) is 35.0. The molecule has 2 rings (SSSR count). The second kappa shape index (κ2) is 17.7. The molecule has 3 unspecified atom stereocenters. The Morgan fingerprint density at radius 2 is 1.55 bits per heavy atom. The predicted octanol–water partition coefficient (Wildman–Crippen LogP) is 9.12. The summed E-state index contributed by atoms with van der Waals surface area (Å²) in [6, 6.07) is 7.46. The fraction of sp³-hybridized carbons (Fsp3) is 0.545. The number of aromatic carboxylic acids is 1. The highest BCUT2D eigenvalue weighted by molar-refractivity contribution is 5.88. The molecule has 2 N–H and O–H groups in total. The molecule has 0 aromatic heterocycles. The van der Waals surface area contributed by atoms with Crippen LogP contribution in [0.3, 0.4) is 0 Å². The van der Waals surface area contributed by atoms with Crippen LogP contribution >= 0.6 is 0 Å². The van der Waals surface area contributed by atoms with Gasteiger partial charge in [0, 0.05) is 17.7 Å². The molecule has 3 atom stereocenters. The molecule has 4 nitrogen and oxygen atoms in total. The fourth-order valence-corrected chi connectivity index (χ4v) is 4.57. The number of hydrogen-bond donors (Lipinski definition) is 2. The Morgan fingerprint density at radius 1 is 0.925 bits per heavy atom. The summed E-state index contributed by atoms with van der Waals surface area (Å²) in [5, 5.41) is 18.9. The van der Waals surface area contributed by atoms with E-state index >= 15 is 0 Å². The minimum absolute atomic E-state index is 0.116. The highest BCUT2D eigenvalue weighted by atomic mass is 19.4. The number of halogens is 3. The number of carboxylic acids is 1. The van der Waals surface area contributed by atoms with Crippen molar-refractivity contribution in [3.05, 3.63) is 64.2 Å². The molecule has 0 bridgehead atoms. The van der Waals surface area contributed by atoms with Gasteiger partial charge in [-0.2, -0.15) is 13.2 Å². The Bertz CT molecular complexity index is 1110. The van der Waals surface area contributed by atoms with Crippen LogP contribution in [0.25, 0.3) is 0 Å². The van der Waals surface area contributed by atoms with E-state index in [2.05, 4.69) is 32.6 Å². The van der Waals surface area contributed by atoms with Gasteiger partial charge in [-0.15, -0.1) is 0 Å². The SMILES string of the molecule is CC.CCCC(CCC(C)C(C)CCCc1cc(C(=O)O)ccc1C#Cc1ccc(O)cc1C(F)(F)F)OCC. The van der Waals surface area contributed by atoms with E-state index in [1.165, 1.54) is 6.07 Å². The predicted molar refractivity (Wildman–Crippen MR) is 155 cm³/mol. The summed E-state index contributed by atoms with van der Waals surface area (Å²) in [6.07, 6.45) is 2.22. The summed E-state index contributed by atoms with van der Waals surface area (Å²) in [7, 11) is 0. The number of aryl methyl sites for hydroxylation is 1. The van der Waals surface area contributed by atoms with Crippen molar-refractivity contribution < 1.29 is 32.9 Å². The molecule has 0 amide bonds. The molecule has 0 saturated carbocycles. The van der Waals surface area contributed by atoms with Crippen molar-refractivity contribution in [2.45, 2.75) is 98.8 Å². The van der Waals surface area contributed by atoms with Gasteiger partial charge in [0.15, 0.2) is 0 Å². The first-order valence-electron chi connectivity index (χ1n) is 14.4. The number of carbonyl (C=O) groups is 1. The summed E-state index contributed by atoms with van der Waals surface area (Å²) < 4.78 is 46.1. The Balaban J connectivity index is 0.00000391. The highest BCUT2D eigenvalue weighted by Crippen LogP contribution is 2.34. The highest BCUT2D eigenvalue weighted by Gasteiger charge is 2.33. The molecule has 0 heterocycles. The Hall–Kier alpha value is -2.98. The zero-order chi connectivity index (χ0) is 30.3. The van der Waals surface area contributed by atoms with Gasteiger partial charge in [-0.1, -0.05) is 59.3 Å². The number of rotatable bonds is 13. The first-order valence-corrected chi connectivity index (χ1v) is 14.4. The van der Waals surface area contributed by atoms with Gasteiger partial charge in [-0.25, -0.2) is 4.79 Å². The molecule has 0 aliphatic carbocycles. The minimum atomic E-state index is -4.66. The van der Waals surface area contributed by atoms with Crippen LogP contribution in [0.2, 0.25) is 0 Å². The maximum absolute atomic E-state index is 13.4. The number of phenols is 1. The number of benzene rings is 2. The smallest absolute Gasteiger partial charge is 0.417 e. The van der Waals surface area contributed by atoms with Crippen molar-refractivity contribution in [2.24, 2.45) is 11.8 Å². The van der Waals surface area contributed by atoms with Crippen molar-refractivity contribution in [3.8, 4) is 17.6 Å². The summed E-state index contributed by atoms with van der Waals surface area (Å²) in [5.74, 6) is 4.80. The number of carboxylic acid groups (broad SMARTS) is 1. The molecule has 0 aliphatic rings. The summed E-state index contributed by atoms with van der Waals surface area (Å²) in [4.78, 5) is 11.5. The lowest BCUT2D eigenvalue weighted by molar-refractivity contribution is -0.137. The Morgan fingerprint density at radius 3 is 2.15 bits per heavy atom. The van der Waals surface area contributed by atoms with Gasteiger partial charge in [-0.3, -0.25) is 0 Å². The summed E-state index contributed by atoms with van der Waals surface area (Å²) in [6.45, 7) is 13.4. The normalized spacial score (nSPS) is 13.3. The van der Waals surface area contributed by atoms with Crippen molar-refractivity contribution in [2.75, 3.05) is 6.61 Å². The molecule has 222 valence electrons. The average Bonchev–Trinajstić information content (AvgIpc) is 2.91. The summed E-state index contributed by atoms with van der Waals surface area (Å²) >= 11 is 0. The average molecular weight is 563 g/mol. The third-order valence-electron chi connectivity index (χ3n) is 7.03. The third-order valence-corrected chi connectivity index (χ3v) is 7.03. The van der Waals surface area contributed by atoms with Crippen molar-refractivity contribution >= 4 is 5.97 Å². The fourth-order valence-electron chi connectivity index (χ4n) is 4.57. The molecule has 0 fully saturated rings. The molecule has 0 radical (unpaired) electrons. The van der Waals surface area contributed by atoms with Gasteiger partial charge in [0.1, 0.15) is 5.75 Å². The van der Waals surface area contributed by atoms with E-state index in [0.29, 0.717) is 41.6 Å². The molecule has 0 spiro atoms. The van der Waals surface area contributed by atoms with Crippen molar-refractivity contribution in [1.29, 1.82) is 0 Å². The van der Waals surface area contributed by atoms with Gasteiger partial charge < -0.3 is 14.9 Å². The van der Waals surface area contributed by atoms with Crippen LogP contribution in [-0.2, 0) is 17.3 Å². The number of ether oxygens (including phenoxy) is 1. The maximum Gasteiger partial charge on any atom is 0.417 e. The first-order chi connectivity index (χ1) is 19.0. The largest absolute Gasteiger partial charge is 0.508 e. The van der Waals surface area contributed by atoms with Crippen molar-refractivity contribution in [1.82, 2.24) is 0 Å². The second-order valence-electron chi connectivity index (χ2n) is 9.94. The summed E-state index contributed by atoms with van der Waals surface area (Å²) in [5.41, 5.74) is 0.0481. The quantitative estimate of drug-likeness (QED) is 0.239. The Kier molecular flexibility index (Phi) is 15.5. The third kappa shape index (κ3) is 11.6. The molecule has 2 aromatic carbocycles. The van der Waals surface area contributed by atoms with Crippen LogP contribution < -0.4 is 0 Å². The zero-order valence-corrected chi connectivity index (χ0v) is 24.7. The monoisotopic (exact) mass is 562 g/mol. The lowest BCUT2D eigenvalue weighted by atomic mass is 9.85. The van der Waals surface area contributed by atoms with E-state index in [1.54, 1.807) is 12.1 Å². The molecule has 2 aromatic rings. The van der Waals surface area contributed by atoms with E-state index in [-0.39, 0.29) is 11.1 Å². The maximum atomic E-state index is 13.4. The number of aromatic hydroxyl groups is 1. The lowest BCUT2D eigenvalue weighted by Crippen LogP contribution is -2.16. The number of alkyl halides is 3. The molecular weight excluding hydrogens is 517 g/mol. The second-order valence-corrected chi connectivity index (χ2v) is 9.94. The Labute approximate surface area is 238 Å². The number of hydrogen-bond acceptors (Lipinski definition) is 3. The lowest BCUT2D eigenvalue weighted by Gasteiger charge is -2.23. The van der Waals surface area contributed by atoms with Crippen molar-refractivity contribution in [3.63, 3.8) is 0 Å². The van der Waals surface area contributed by atoms with Gasteiger partial charge in [0.2, 0.25) is 0 Å².